The molecule has 0 radical (unpaired) electrons. The number of aromatic hydroxyl groups is 3. The summed E-state index contributed by atoms with van der Waals surface area (Å²) in [5, 5.41) is 27.1. The Labute approximate surface area is 63.5 Å². The van der Waals surface area contributed by atoms with E-state index >= 15 is 0 Å². The first-order valence-corrected chi connectivity index (χ1v) is 3.04. The Morgan fingerprint density at radius 1 is 1.18 bits per heavy atom. The zero-order valence-corrected chi connectivity index (χ0v) is 6.00. The van der Waals surface area contributed by atoms with Gasteiger partial charge in [-0.25, -0.2) is 0 Å². The molecule has 0 aliphatic carbocycles. The first kappa shape index (κ1) is 7.53. The molecule has 0 aliphatic heterocycles. The monoisotopic (exact) mass is 155 g/mol. The van der Waals surface area contributed by atoms with E-state index in [1.165, 1.54) is 6.07 Å². The normalized spacial score (nSPS) is 9.91. The van der Waals surface area contributed by atoms with Crippen LogP contribution in [0.5, 0.6) is 17.2 Å². The molecule has 0 saturated heterocycles. The number of rotatable bonds is 0. The summed E-state index contributed by atoms with van der Waals surface area (Å²) in [5.74, 6) is -0.986. The molecular weight excluding hydrogens is 146 g/mol. The second-order valence-electron chi connectivity index (χ2n) is 2.32. The molecule has 4 heteroatoms. The van der Waals surface area contributed by atoms with Gasteiger partial charge in [0.1, 0.15) is 11.4 Å². The van der Waals surface area contributed by atoms with Gasteiger partial charge in [-0.2, -0.15) is 0 Å². The van der Waals surface area contributed by atoms with Crippen LogP contribution in [0.1, 0.15) is 5.56 Å². The summed E-state index contributed by atoms with van der Waals surface area (Å²) in [6.45, 7) is 1.55. The van der Waals surface area contributed by atoms with E-state index in [9.17, 15) is 0 Å². The predicted molar refractivity (Wildman–Crippen MR) is 40.6 cm³/mol. The van der Waals surface area contributed by atoms with E-state index in [0.29, 0.717) is 5.56 Å². The van der Waals surface area contributed by atoms with Crippen molar-refractivity contribution in [1.29, 1.82) is 0 Å². The van der Waals surface area contributed by atoms with Gasteiger partial charge in [-0.3, -0.25) is 0 Å². The summed E-state index contributed by atoms with van der Waals surface area (Å²) in [5.41, 5.74) is 5.37. The molecule has 5 N–H and O–H groups in total. The Morgan fingerprint density at radius 2 is 1.73 bits per heavy atom. The van der Waals surface area contributed by atoms with E-state index in [2.05, 4.69) is 0 Å². The zero-order chi connectivity index (χ0) is 8.59. The van der Waals surface area contributed by atoms with E-state index < -0.39 is 5.75 Å². The Kier molecular flexibility index (Phi) is 1.53. The lowest BCUT2D eigenvalue weighted by molar-refractivity contribution is 0.396. The van der Waals surface area contributed by atoms with Crippen LogP contribution in [0.15, 0.2) is 6.07 Å². The summed E-state index contributed by atoms with van der Waals surface area (Å²) in [6, 6.07) is 1.28. The van der Waals surface area contributed by atoms with Crippen molar-refractivity contribution in [2.45, 2.75) is 6.92 Å². The third kappa shape index (κ3) is 1.02. The molecular formula is C7H9NO3. The fourth-order valence-corrected chi connectivity index (χ4v) is 0.787. The van der Waals surface area contributed by atoms with Crippen molar-refractivity contribution in [2.24, 2.45) is 0 Å². The van der Waals surface area contributed by atoms with Gasteiger partial charge in [0.25, 0.3) is 0 Å². The largest absolute Gasteiger partial charge is 0.506 e. The average molecular weight is 155 g/mol. The lowest BCUT2D eigenvalue weighted by Gasteiger charge is -2.05. The number of phenols is 3. The van der Waals surface area contributed by atoms with Crippen LogP contribution in [0.25, 0.3) is 0 Å². The number of aryl methyl sites for hydroxylation is 1. The third-order valence-corrected chi connectivity index (χ3v) is 1.48. The van der Waals surface area contributed by atoms with Crippen molar-refractivity contribution in [1.82, 2.24) is 0 Å². The smallest absolute Gasteiger partial charge is 0.185 e. The van der Waals surface area contributed by atoms with Crippen molar-refractivity contribution in [3.8, 4) is 17.2 Å². The second kappa shape index (κ2) is 2.23. The highest BCUT2D eigenvalue weighted by Gasteiger charge is 2.10. The Bertz CT molecular complexity index is 270. The topological polar surface area (TPSA) is 86.7 Å². The number of nitrogens with two attached hydrogens (primary N) is 1. The number of anilines is 1. The van der Waals surface area contributed by atoms with Gasteiger partial charge in [0.15, 0.2) is 11.5 Å². The molecule has 1 aromatic carbocycles. The molecule has 11 heavy (non-hydrogen) atoms. The van der Waals surface area contributed by atoms with Gasteiger partial charge in [0, 0.05) is 0 Å². The number of hydrogen-bond acceptors (Lipinski definition) is 4. The van der Waals surface area contributed by atoms with Crippen LogP contribution in [-0.4, -0.2) is 15.3 Å². The second-order valence-corrected chi connectivity index (χ2v) is 2.32. The lowest BCUT2D eigenvalue weighted by Crippen LogP contribution is -1.88. The highest BCUT2D eigenvalue weighted by Crippen LogP contribution is 2.39. The molecule has 0 fully saturated rings. The zero-order valence-electron chi connectivity index (χ0n) is 6.00. The molecule has 4 nitrogen and oxygen atoms in total. The fraction of sp³-hybridized carbons (Fsp3) is 0.143. The first-order chi connectivity index (χ1) is 5.04. The van der Waals surface area contributed by atoms with Gasteiger partial charge in [-0.1, -0.05) is 0 Å². The minimum Gasteiger partial charge on any atom is -0.506 e. The van der Waals surface area contributed by atoms with Gasteiger partial charge >= 0.3 is 0 Å². The molecule has 0 saturated carbocycles. The van der Waals surface area contributed by atoms with Gasteiger partial charge < -0.3 is 21.1 Å². The molecule has 1 aromatic rings. The van der Waals surface area contributed by atoms with Gasteiger partial charge in [-0.05, 0) is 18.6 Å². The molecule has 0 atom stereocenters. The van der Waals surface area contributed by atoms with Crippen LogP contribution in [0.2, 0.25) is 0 Å². The maximum absolute atomic E-state index is 9.07. The Morgan fingerprint density at radius 3 is 2.27 bits per heavy atom. The molecule has 0 heterocycles. The van der Waals surface area contributed by atoms with Gasteiger partial charge in [-0.15, -0.1) is 0 Å². The van der Waals surface area contributed by atoms with E-state index in [0.717, 1.165) is 0 Å². The van der Waals surface area contributed by atoms with Crippen molar-refractivity contribution in [3.63, 3.8) is 0 Å². The summed E-state index contributed by atoms with van der Waals surface area (Å²) in [4.78, 5) is 0. The third-order valence-electron chi connectivity index (χ3n) is 1.48. The standard InChI is InChI=1S/C7H9NO3/c1-3-2-4(9)5(8)7(11)6(3)10/h2,9-11H,8H2,1H3. The minimum absolute atomic E-state index is 0.201. The predicted octanol–water partition coefficient (Wildman–Crippen LogP) is 0.694. The molecule has 1 rings (SSSR count). The maximum atomic E-state index is 9.07. The summed E-state index contributed by atoms with van der Waals surface area (Å²) in [6.07, 6.45) is 0. The van der Waals surface area contributed by atoms with Crippen molar-refractivity contribution in [2.75, 3.05) is 5.73 Å². The van der Waals surface area contributed by atoms with Crippen LogP contribution in [0, 0.1) is 6.92 Å². The molecule has 60 valence electrons. The number of hydrogen-bond donors (Lipinski definition) is 4. The van der Waals surface area contributed by atoms with E-state index in [1.807, 2.05) is 0 Å². The summed E-state index contributed by atoms with van der Waals surface area (Å²) in [7, 11) is 0. The van der Waals surface area contributed by atoms with Crippen molar-refractivity contribution >= 4 is 5.69 Å². The Balaban J connectivity index is 3.46. The molecule has 0 bridgehead atoms. The van der Waals surface area contributed by atoms with E-state index in [1.54, 1.807) is 6.92 Å². The van der Waals surface area contributed by atoms with Crippen LogP contribution in [0.3, 0.4) is 0 Å². The molecule has 0 amide bonds. The van der Waals surface area contributed by atoms with Crippen molar-refractivity contribution < 1.29 is 15.3 Å². The van der Waals surface area contributed by atoms with Crippen LogP contribution in [0.4, 0.5) is 5.69 Å². The summed E-state index contributed by atoms with van der Waals surface area (Å²) >= 11 is 0. The maximum Gasteiger partial charge on any atom is 0.185 e. The van der Waals surface area contributed by atoms with E-state index in [-0.39, 0.29) is 17.2 Å². The number of benzene rings is 1. The van der Waals surface area contributed by atoms with Gasteiger partial charge in [0.2, 0.25) is 0 Å². The quantitative estimate of drug-likeness (QED) is 0.252. The summed E-state index contributed by atoms with van der Waals surface area (Å²) < 4.78 is 0. The van der Waals surface area contributed by atoms with E-state index in [4.69, 9.17) is 21.1 Å². The fourth-order valence-electron chi connectivity index (χ4n) is 0.787. The molecule has 0 aromatic heterocycles. The molecule has 0 unspecified atom stereocenters. The highest BCUT2D eigenvalue weighted by atomic mass is 16.3. The lowest BCUT2D eigenvalue weighted by atomic mass is 10.1. The Hall–Kier alpha value is -1.58. The van der Waals surface area contributed by atoms with Gasteiger partial charge in [0.05, 0.1) is 0 Å². The SMILES string of the molecule is Cc1cc(O)c(N)c(O)c1O. The minimum atomic E-state index is -0.470. The number of phenolic OH excluding ortho intramolecular Hbond substituents is 3. The molecule has 0 aliphatic rings. The van der Waals surface area contributed by atoms with Crippen LogP contribution in [-0.2, 0) is 0 Å². The highest BCUT2D eigenvalue weighted by molar-refractivity contribution is 5.68. The van der Waals surface area contributed by atoms with Crippen LogP contribution >= 0.6 is 0 Å². The van der Waals surface area contributed by atoms with Crippen molar-refractivity contribution in [3.05, 3.63) is 11.6 Å². The average Bonchev–Trinajstić information content (AvgIpc) is 1.97. The van der Waals surface area contributed by atoms with Crippen LogP contribution < -0.4 is 5.73 Å². The molecule has 0 spiro atoms. The first-order valence-electron chi connectivity index (χ1n) is 3.04. The number of nitrogen functional groups attached to an aromatic ring is 1.